The first-order chi connectivity index (χ1) is 10.3. The molecule has 6 heteroatoms. The quantitative estimate of drug-likeness (QED) is 0.937. The van der Waals surface area contributed by atoms with Gasteiger partial charge in [0, 0.05) is 12.0 Å². The van der Waals surface area contributed by atoms with Gasteiger partial charge >= 0.3 is 0 Å². The summed E-state index contributed by atoms with van der Waals surface area (Å²) >= 11 is 0. The molecule has 1 aliphatic heterocycles. The lowest BCUT2D eigenvalue weighted by Crippen LogP contribution is -2.28. The molecule has 1 aromatic carbocycles. The average molecular weight is 291 g/mol. The highest BCUT2D eigenvalue weighted by Gasteiger charge is 2.18. The largest absolute Gasteiger partial charge is 0.494 e. The maximum Gasteiger partial charge on any atom is 0.227 e. The van der Waals surface area contributed by atoms with E-state index in [4.69, 9.17) is 9.26 Å². The summed E-state index contributed by atoms with van der Waals surface area (Å²) in [6, 6.07) is 4.54. The number of methoxy groups -OCH3 is 1. The molecule has 112 valence electrons. The Balaban J connectivity index is 1.74. The maximum atomic E-state index is 13.4. The molecule has 0 aliphatic carbocycles. The zero-order valence-corrected chi connectivity index (χ0v) is 11.9. The lowest BCUT2D eigenvalue weighted by atomic mass is 9.95. The standard InChI is InChI=1S/C15H18FN3O2/c1-20-13-9-11(2-3-12(13)16)15-18-14(21-19-15)8-10-4-6-17-7-5-10/h2-3,9-10,17H,4-8H2,1H3. The molecule has 0 radical (unpaired) electrons. The minimum Gasteiger partial charge on any atom is -0.494 e. The molecule has 0 unspecified atom stereocenters. The van der Waals surface area contributed by atoms with E-state index in [2.05, 4.69) is 15.5 Å². The van der Waals surface area contributed by atoms with Crippen LogP contribution in [0.2, 0.25) is 0 Å². The van der Waals surface area contributed by atoms with E-state index in [1.54, 1.807) is 12.1 Å². The Morgan fingerprint density at radius 2 is 2.19 bits per heavy atom. The third-order valence-corrected chi connectivity index (χ3v) is 3.80. The van der Waals surface area contributed by atoms with Gasteiger partial charge in [-0.15, -0.1) is 0 Å². The first-order valence-corrected chi connectivity index (χ1v) is 7.13. The van der Waals surface area contributed by atoms with Gasteiger partial charge in [-0.2, -0.15) is 4.98 Å². The van der Waals surface area contributed by atoms with Crippen molar-refractivity contribution in [1.29, 1.82) is 0 Å². The SMILES string of the molecule is COc1cc(-c2noc(CC3CCNCC3)n2)ccc1F. The van der Waals surface area contributed by atoms with Crippen molar-refractivity contribution in [2.45, 2.75) is 19.3 Å². The number of rotatable bonds is 4. The second-order valence-electron chi connectivity index (χ2n) is 5.26. The van der Waals surface area contributed by atoms with Crippen molar-refractivity contribution < 1.29 is 13.7 Å². The van der Waals surface area contributed by atoms with Crippen LogP contribution in [0.1, 0.15) is 18.7 Å². The van der Waals surface area contributed by atoms with E-state index in [1.807, 2.05) is 0 Å². The third-order valence-electron chi connectivity index (χ3n) is 3.80. The second kappa shape index (κ2) is 6.22. The Hall–Kier alpha value is -1.95. The number of benzene rings is 1. The normalized spacial score (nSPS) is 16.1. The Labute approximate surface area is 122 Å². The molecule has 1 N–H and O–H groups in total. The van der Waals surface area contributed by atoms with Gasteiger partial charge in [-0.25, -0.2) is 4.39 Å². The highest BCUT2D eigenvalue weighted by molar-refractivity contribution is 5.57. The fourth-order valence-corrected chi connectivity index (χ4v) is 2.59. The zero-order valence-electron chi connectivity index (χ0n) is 11.9. The van der Waals surface area contributed by atoms with Crippen LogP contribution in [0.15, 0.2) is 22.7 Å². The fourth-order valence-electron chi connectivity index (χ4n) is 2.59. The van der Waals surface area contributed by atoms with Crippen molar-refractivity contribution >= 4 is 0 Å². The minimum atomic E-state index is -0.403. The van der Waals surface area contributed by atoms with Gasteiger partial charge in [0.1, 0.15) is 0 Å². The Morgan fingerprint density at radius 3 is 2.95 bits per heavy atom. The average Bonchev–Trinajstić information content (AvgIpc) is 2.97. The number of hydrogen-bond donors (Lipinski definition) is 1. The number of piperidine rings is 1. The van der Waals surface area contributed by atoms with Crippen LogP contribution in [-0.4, -0.2) is 30.3 Å². The van der Waals surface area contributed by atoms with Gasteiger partial charge in [0.2, 0.25) is 11.7 Å². The third kappa shape index (κ3) is 3.21. The molecule has 0 atom stereocenters. The second-order valence-corrected chi connectivity index (χ2v) is 5.26. The van der Waals surface area contributed by atoms with Crippen molar-refractivity contribution in [3.05, 3.63) is 29.9 Å². The summed E-state index contributed by atoms with van der Waals surface area (Å²) < 4.78 is 23.7. The summed E-state index contributed by atoms with van der Waals surface area (Å²) in [6.07, 6.45) is 3.05. The zero-order chi connectivity index (χ0) is 14.7. The molecular weight excluding hydrogens is 273 g/mol. The van der Waals surface area contributed by atoms with Crippen molar-refractivity contribution in [2.24, 2.45) is 5.92 Å². The fraction of sp³-hybridized carbons (Fsp3) is 0.467. The first-order valence-electron chi connectivity index (χ1n) is 7.13. The molecule has 1 fully saturated rings. The number of ether oxygens (including phenoxy) is 1. The summed E-state index contributed by atoms with van der Waals surface area (Å²) in [7, 11) is 1.43. The summed E-state index contributed by atoms with van der Waals surface area (Å²) in [5.74, 6) is 1.47. The van der Waals surface area contributed by atoms with E-state index in [-0.39, 0.29) is 5.75 Å². The van der Waals surface area contributed by atoms with Crippen molar-refractivity contribution in [3.8, 4) is 17.1 Å². The summed E-state index contributed by atoms with van der Waals surface area (Å²) in [6.45, 7) is 2.08. The number of aromatic nitrogens is 2. The van der Waals surface area contributed by atoms with Gasteiger partial charge < -0.3 is 14.6 Å². The molecule has 0 amide bonds. The van der Waals surface area contributed by atoms with Crippen LogP contribution in [0.25, 0.3) is 11.4 Å². The Kier molecular flexibility index (Phi) is 4.15. The molecule has 1 saturated heterocycles. The summed E-state index contributed by atoms with van der Waals surface area (Å²) in [5.41, 5.74) is 0.688. The number of nitrogens with zero attached hydrogens (tertiary/aromatic N) is 2. The summed E-state index contributed by atoms with van der Waals surface area (Å²) in [4.78, 5) is 4.40. The molecule has 5 nitrogen and oxygen atoms in total. The van der Waals surface area contributed by atoms with Crippen LogP contribution in [0.3, 0.4) is 0 Å². The smallest absolute Gasteiger partial charge is 0.227 e. The first kappa shape index (κ1) is 14.0. The van der Waals surface area contributed by atoms with Crippen molar-refractivity contribution in [1.82, 2.24) is 15.5 Å². The molecule has 2 aromatic rings. The van der Waals surface area contributed by atoms with E-state index in [0.29, 0.717) is 23.2 Å². The topological polar surface area (TPSA) is 60.2 Å². The van der Waals surface area contributed by atoms with Gasteiger partial charge in [-0.1, -0.05) is 5.16 Å². The molecule has 0 spiro atoms. The van der Waals surface area contributed by atoms with Crippen LogP contribution < -0.4 is 10.1 Å². The van der Waals surface area contributed by atoms with E-state index < -0.39 is 5.82 Å². The summed E-state index contributed by atoms with van der Waals surface area (Å²) in [5, 5.41) is 7.31. The molecule has 1 aromatic heterocycles. The minimum absolute atomic E-state index is 0.178. The Bertz CT molecular complexity index is 609. The molecule has 0 saturated carbocycles. The predicted molar refractivity (Wildman–Crippen MR) is 75.5 cm³/mol. The lowest BCUT2D eigenvalue weighted by Gasteiger charge is -2.20. The predicted octanol–water partition coefficient (Wildman–Crippen LogP) is 2.43. The highest BCUT2D eigenvalue weighted by atomic mass is 19.1. The molecular formula is C15H18FN3O2. The van der Waals surface area contributed by atoms with E-state index >= 15 is 0 Å². The number of hydrogen-bond acceptors (Lipinski definition) is 5. The van der Waals surface area contributed by atoms with Crippen LogP contribution in [0.4, 0.5) is 4.39 Å². The van der Waals surface area contributed by atoms with Crippen molar-refractivity contribution in [3.63, 3.8) is 0 Å². The Morgan fingerprint density at radius 1 is 1.38 bits per heavy atom. The number of nitrogens with one attached hydrogen (secondary N) is 1. The van der Waals surface area contributed by atoms with E-state index in [1.165, 1.54) is 13.2 Å². The van der Waals surface area contributed by atoms with Crippen LogP contribution in [-0.2, 0) is 6.42 Å². The van der Waals surface area contributed by atoms with Gasteiger partial charge in [-0.05, 0) is 50.0 Å². The molecule has 21 heavy (non-hydrogen) atoms. The van der Waals surface area contributed by atoms with Gasteiger partial charge in [0.15, 0.2) is 11.6 Å². The monoisotopic (exact) mass is 291 g/mol. The van der Waals surface area contributed by atoms with Gasteiger partial charge in [0.05, 0.1) is 7.11 Å². The van der Waals surface area contributed by atoms with Crippen LogP contribution in [0, 0.1) is 11.7 Å². The van der Waals surface area contributed by atoms with E-state index in [0.717, 1.165) is 32.4 Å². The molecule has 0 bridgehead atoms. The van der Waals surface area contributed by atoms with Gasteiger partial charge in [-0.3, -0.25) is 0 Å². The molecule has 2 heterocycles. The van der Waals surface area contributed by atoms with Crippen LogP contribution >= 0.6 is 0 Å². The molecule has 3 rings (SSSR count). The lowest BCUT2D eigenvalue weighted by molar-refractivity contribution is 0.313. The highest BCUT2D eigenvalue weighted by Crippen LogP contribution is 2.25. The molecule has 1 aliphatic rings. The van der Waals surface area contributed by atoms with Crippen molar-refractivity contribution in [2.75, 3.05) is 20.2 Å². The maximum absolute atomic E-state index is 13.4. The van der Waals surface area contributed by atoms with Crippen LogP contribution in [0.5, 0.6) is 5.75 Å². The van der Waals surface area contributed by atoms with E-state index in [9.17, 15) is 4.39 Å². The number of halogens is 1. The van der Waals surface area contributed by atoms with Gasteiger partial charge in [0.25, 0.3) is 0 Å².